The van der Waals surface area contributed by atoms with E-state index in [1.807, 2.05) is 7.05 Å². The van der Waals surface area contributed by atoms with Crippen LogP contribution in [0.4, 0.5) is 4.79 Å². The first kappa shape index (κ1) is 10.3. The summed E-state index contributed by atoms with van der Waals surface area (Å²) in [6, 6.07) is 0.0125. The lowest BCUT2D eigenvalue weighted by atomic mass is 9.98. The lowest BCUT2D eigenvalue weighted by molar-refractivity contribution is 0.196. The van der Waals surface area contributed by atoms with Crippen molar-refractivity contribution < 1.29 is 4.79 Å². The van der Waals surface area contributed by atoms with Gasteiger partial charge in [-0.05, 0) is 31.8 Å². The molecule has 0 spiro atoms. The van der Waals surface area contributed by atoms with Crippen molar-refractivity contribution in [3.63, 3.8) is 0 Å². The predicted molar refractivity (Wildman–Crippen MR) is 52.7 cm³/mol. The maximum atomic E-state index is 11.2. The second-order valence-electron chi connectivity index (χ2n) is 3.63. The Labute approximate surface area is 79.7 Å². The molecule has 0 bridgehead atoms. The van der Waals surface area contributed by atoms with E-state index in [2.05, 4.69) is 10.6 Å². The number of piperidine rings is 1. The van der Waals surface area contributed by atoms with Crippen molar-refractivity contribution in [2.45, 2.75) is 12.8 Å². The second-order valence-corrected chi connectivity index (χ2v) is 3.63. The summed E-state index contributed by atoms with van der Waals surface area (Å²) in [5.74, 6) is 0.670. The van der Waals surface area contributed by atoms with Crippen LogP contribution < -0.4 is 10.6 Å². The molecular weight excluding hydrogens is 166 g/mol. The predicted octanol–water partition coefficient (Wildman–Crippen LogP) is 0.257. The number of carbonyl (C=O) groups is 1. The SMILES string of the molecule is CNC(=O)N(C)CC1CCNCC1. The number of urea groups is 1. The number of amides is 2. The number of nitrogens with zero attached hydrogens (tertiary/aromatic N) is 1. The van der Waals surface area contributed by atoms with E-state index in [1.165, 1.54) is 12.8 Å². The molecule has 0 unspecified atom stereocenters. The van der Waals surface area contributed by atoms with Gasteiger partial charge in [-0.3, -0.25) is 0 Å². The average molecular weight is 185 g/mol. The fourth-order valence-corrected chi connectivity index (χ4v) is 1.73. The number of carbonyl (C=O) groups excluding carboxylic acids is 1. The summed E-state index contributed by atoms with van der Waals surface area (Å²) in [4.78, 5) is 12.9. The average Bonchev–Trinajstić information content (AvgIpc) is 2.18. The van der Waals surface area contributed by atoms with E-state index in [1.54, 1.807) is 11.9 Å². The summed E-state index contributed by atoms with van der Waals surface area (Å²) in [6.07, 6.45) is 2.36. The summed E-state index contributed by atoms with van der Waals surface area (Å²) in [5.41, 5.74) is 0. The van der Waals surface area contributed by atoms with Gasteiger partial charge in [-0.15, -0.1) is 0 Å². The Kier molecular flexibility index (Phi) is 4.02. The van der Waals surface area contributed by atoms with Crippen molar-refractivity contribution in [1.82, 2.24) is 15.5 Å². The molecule has 0 aliphatic carbocycles. The van der Waals surface area contributed by atoms with Gasteiger partial charge in [-0.1, -0.05) is 0 Å². The van der Waals surface area contributed by atoms with Gasteiger partial charge < -0.3 is 15.5 Å². The van der Waals surface area contributed by atoms with E-state index >= 15 is 0 Å². The summed E-state index contributed by atoms with van der Waals surface area (Å²) >= 11 is 0. The minimum atomic E-state index is 0.0125. The molecule has 2 amide bonds. The molecule has 4 heteroatoms. The molecular formula is C9H19N3O. The number of rotatable bonds is 2. The molecule has 0 radical (unpaired) electrons. The molecule has 0 aromatic rings. The van der Waals surface area contributed by atoms with Crippen molar-refractivity contribution >= 4 is 6.03 Å². The van der Waals surface area contributed by atoms with Crippen LogP contribution in [0.1, 0.15) is 12.8 Å². The largest absolute Gasteiger partial charge is 0.341 e. The zero-order valence-corrected chi connectivity index (χ0v) is 8.47. The minimum absolute atomic E-state index is 0.0125. The van der Waals surface area contributed by atoms with E-state index in [-0.39, 0.29) is 6.03 Å². The van der Waals surface area contributed by atoms with Crippen LogP contribution in [0.25, 0.3) is 0 Å². The minimum Gasteiger partial charge on any atom is -0.341 e. The highest BCUT2D eigenvalue weighted by Gasteiger charge is 2.16. The number of hydrogen-bond acceptors (Lipinski definition) is 2. The summed E-state index contributed by atoms with van der Waals surface area (Å²) < 4.78 is 0. The van der Waals surface area contributed by atoms with E-state index in [9.17, 15) is 4.79 Å². The van der Waals surface area contributed by atoms with Gasteiger partial charge in [0.15, 0.2) is 0 Å². The molecule has 0 aromatic heterocycles. The highest BCUT2D eigenvalue weighted by atomic mass is 16.2. The summed E-state index contributed by atoms with van der Waals surface area (Å²) in [6.45, 7) is 3.06. The normalized spacial score (nSPS) is 18.3. The highest BCUT2D eigenvalue weighted by Crippen LogP contribution is 2.12. The quantitative estimate of drug-likeness (QED) is 0.648. The molecule has 1 fully saturated rings. The summed E-state index contributed by atoms with van der Waals surface area (Å²) in [7, 11) is 3.52. The van der Waals surface area contributed by atoms with Gasteiger partial charge in [-0.25, -0.2) is 4.79 Å². The maximum absolute atomic E-state index is 11.2. The molecule has 76 valence electrons. The molecule has 0 atom stereocenters. The van der Waals surface area contributed by atoms with Gasteiger partial charge in [-0.2, -0.15) is 0 Å². The third-order valence-corrected chi connectivity index (χ3v) is 2.55. The Balaban J connectivity index is 2.25. The Bertz CT molecular complexity index is 166. The van der Waals surface area contributed by atoms with Crippen LogP contribution in [0.2, 0.25) is 0 Å². The van der Waals surface area contributed by atoms with E-state index in [0.717, 1.165) is 19.6 Å². The smallest absolute Gasteiger partial charge is 0.316 e. The van der Waals surface area contributed by atoms with Crippen LogP contribution in [0.3, 0.4) is 0 Å². The van der Waals surface area contributed by atoms with Crippen molar-refractivity contribution in [2.24, 2.45) is 5.92 Å². The summed E-state index contributed by atoms with van der Waals surface area (Å²) in [5, 5.41) is 5.94. The molecule has 1 rings (SSSR count). The number of hydrogen-bond donors (Lipinski definition) is 2. The zero-order valence-electron chi connectivity index (χ0n) is 8.47. The van der Waals surface area contributed by atoms with Crippen molar-refractivity contribution in [1.29, 1.82) is 0 Å². The Hall–Kier alpha value is -0.770. The lowest BCUT2D eigenvalue weighted by Gasteiger charge is -2.27. The molecule has 1 aliphatic heterocycles. The second kappa shape index (κ2) is 5.07. The molecule has 4 nitrogen and oxygen atoms in total. The van der Waals surface area contributed by atoms with Gasteiger partial charge in [0.25, 0.3) is 0 Å². The van der Waals surface area contributed by atoms with E-state index in [4.69, 9.17) is 0 Å². The Morgan fingerprint density at radius 3 is 2.69 bits per heavy atom. The first-order chi connectivity index (χ1) is 6.24. The topological polar surface area (TPSA) is 44.4 Å². The van der Waals surface area contributed by atoms with Crippen LogP contribution in [0.15, 0.2) is 0 Å². The van der Waals surface area contributed by atoms with Crippen molar-refractivity contribution in [3.05, 3.63) is 0 Å². The van der Waals surface area contributed by atoms with Crippen molar-refractivity contribution in [2.75, 3.05) is 33.7 Å². The fraction of sp³-hybridized carbons (Fsp3) is 0.889. The molecule has 0 saturated carbocycles. The van der Waals surface area contributed by atoms with Gasteiger partial charge in [0.1, 0.15) is 0 Å². The standard InChI is InChI=1S/C9H19N3O/c1-10-9(13)12(2)7-8-3-5-11-6-4-8/h8,11H,3-7H2,1-2H3,(H,10,13). The van der Waals surface area contributed by atoms with Gasteiger partial charge >= 0.3 is 6.03 Å². The first-order valence-corrected chi connectivity index (χ1v) is 4.87. The molecule has 1 saturated heterocycles. The van der Waals surface area contributed by atoms with Crippen molar-refractivity contribution in [3.8, 4) is 0 Å². The van der Waals surface area contributed by atoms with Crippen LogP contribution >= 0.6 is 0 Å². The molecule has 0 aromatic carbocycles. The highest BCUT2D eigenvalue weighted by molar-refractivity contribution is 5.73. The Morgan fingerprint density at radius 1 is 1.54 bits per heavy atom. The Morgan fingerprint density at radius 2 is 2.15 bits per heavy atom. The van der Waals surface area contributed by atoms with Gasteiger partial charge in [0.2, 0.25) is 0 Å². The third-order valence-electron chi connectivity index (χ3n) is 2.55. The first-order valence-electron chi connectivity index (χ1n) is 4.87. The fourth-order valence-electron chi connectivity index (χ4n) is 1.73. The van der Waals surface area contributed by atoms with E-state index < -0.39 is 0 Å². The van der Waals surface area contributed by atoms with Gasteiger partial charge in [0, 0.05) is 20.6 Å². The third kappa shape index (κ3) is 3.22. The number of nitrogens with one attached hydrogen (secondary N) is 2. The molecule has 1 heterocycles. The van der Waals surface area contributed by atoms with Gasteiger partial charge in [0.05, 0.1) is 0 Å². The molecule has 1 aliphatic rings. The molecule has 2 N–H and O–H groups in total. The van der Waals surface area contributed by atoms with Crippen LogP contribution in [0.5, 0.6) is 0 Å². The molecule has 13 heavy (non-hydrogen) atoms. The zero-order chi connectivity index (χ0) is 9.68. The lowest BCUT2D eigenvalue weighted by Crippen LogP contribution is -2.40. The van der Waals surface area contributed by atoms with Crippen LogP contribution in [-0.4, -0.2) is 44.7 Å². The van der Waals surface area contributed by atoms with Crippen LogP contribution in [0, 0.1) is 5.92 Å². The monoisotopic (exact) mass is 185 g/mol. The van der Waals surface area contributed by atoms with Crippen LogP contribution in [-0.2, 0) is 0 Å². The van der Waals surface area contributed by atoms with E-state index in [0.29, 0.717) is 5.92 Å². The maximum Gasteiger partial charge on any atom is 0.316 e.